The van der Waals surface area contributed by atoms with E-state index in [1.165, 1.54) is 7.11 Å². The van der Waals surface area contributed by atoms with Gasteiger partial charge >= 0.3 is 0 Å². The third-order valence-electron chi connectivity index (χ3n) is 3.54. The number of rotatable bonds is 6. The van der Waals surface area contributed by atoms with Gasteiger partial charge in [-0.05, 0) is 24.3 Å². The maximum Gasteiger partial charge on any atom is 0.246 e. The number of aliphatic hydroxyl groups excluding tert-OH is 1. The van der Waals surface area contributed by atoms with Gasteiger partial charge in [-0.2, -0.15) is 0 Å². The second-order valence-electron chi connectivity index (χ2n) is 5.00. The Hall–Kier alpha value is -1.66. The van der Waals surface area contributed by atoms with Gasteiger partial charge in [0, 0.05) is 19.4 Å². The Bertz CT molecular complexity index is 443. The molecule has 0 unspecified atom stereocenters. The zero-order valence-electron chi connectivity index (χ0n) is 11.7. The van der Waals surface area contributed by atoms with Crippen molar-refractivity contribution in [2.75, 3.05) is 20.8 Å². The molecule has 1 aromatic rings. The lowest BCUT2D eigenvalue weighted by molar-refractivity contribution is -0.126. The maximum absolute atomic E-state index is 11.7. The topological polar surface area (TPSA) is 80.7 Å². The van der Waals surface area contributed by atoms with E-state index in [1.54, 1.807) is 19.4 Å². The molecule has 1 aliphatic rings. The summed E-state index contributed by atoms with van der Waals surface area (Å²) in [6.45, 7) is 0.0232. The molecule has 1 fully saturated rings. The van der Waals surface area contributed by atoms with Gasteiger partial charge in [0.1, 0.15) is 6.61 Å². The van der Waals surface area contributed by atoms with Crippen molar-refractivity contribution in [2.24, 2.45) is 5.92 Å². The fourth-order valence-electron chi connectivity index (χ4n) is 2.42. The van der Waals surface area contributed by atoms with E-state index in [0.29, 0.717) is 18.7 Å². The number of carbonyl (C=O) groups excluding carboxylic acids is 1. The van der Waals surface area contributed by atoms with Crippen LogP contribution in [0.5, 0.6) is 5.88 Å². The molecule has 20 heavy (non-hydrogen) atoms. The third kappa shape index (κ3) is 3.46. The number of nitrogens with zero attached hydrogens (tertiary/aromatic N) is 1. The van der Waals surface area contributed by atoms with E-state index in [2.05, 4.69) is 10.3 Å². The van der Waals surface area contributed by atoms with Crippen molar-refractivity contribution in [1.82, 2.24) is 10.3 Å². The number of aliphatic hydroxyl groups is 1. The van der Waals surface area contributed by atoms with Gasteiger partial charge in [0.25, 0.3) is 0 Å². The first-order valence-electron chi connectivity index (χ1n) is 6.60. The second kappa shape index (κ2) is 6.67. The summed E-state index contributed by atoms with van der Waals surface area (Å²) < 4.78 is 9.86. The van der Waals surface area contributed by atoms with Gasteiger partial charge in [0.2, 0.25) is 11.8 Å². The molecule has 6 nitrogen and oxygen atoms in total. The summed E-state index contributed by atoms with van der Waals surface area (Å²) in [6.07, 6.45) is 2.79. The number of methoxy groups -OCH3 is 2. The van der Waals surface area contributed by atoms with E-state index in [1.807, 2.05) is 6.07 Å². The SMILES string of the molecule is COCC(=O)N[C@@H](c1ccc(OC)nc1)C1CC(O)C1. The van der Waals surface area contributed by atoms with Crippen molar-refractivity contribution in [1.29, 1.82) is 0 Å². The number of aromatic nitrogens is 1. The van der Waals surface area contributed by atoms with Crippen LogP contribution in [0.2, 0.25) is 0 Å². The Kier molecular flexibility index (Phi) is 4.92. The Morgan fingerprint density at radius 3 is 2.75 bits per heavy atom. The van der Waals surface area contributed by atoms with Crippen LogP contribution in [0.15, 0.2) is 18.3 Å². The normalized spacial score (nSPS) is 22.8. The number of hydrogen-bond donors (Lipinski definition) is 2. The molecule has 1 atom stereocenters. The first-order valence-corrected chi connectivity index (χ1v) is 6.60. The molecule has 110 valence electrons. The van der Waals surface area contributed by atoms with E-state index in [9.17, 15) is 9.90 Å². The molecule has 1 heterocycles. The third-order valence-corrected chi connectivity index (χ3v) is 3.54. The molecule has 0 aromatic carbocycles. The van der Waals surface area contributed by atoms with Crippen molar-refractivity contribution in [3.63, 3.8) is 0 Å². The quantitative estimate of drug-likeness (QED) is 0.800. The minimum atomic E-state index is -0.270. The number of pyridine rings is 1. The molecule has 2 N–H and O–H groups in total. The second-order valence-corrected chi connectivity index (χ2v) is 5.00. The molecule has 0 bridgehead atoms. The zero-order valence-corrected chi connectivity index (χ0v) is 11.7. The monoisotopic (exact) mass is 280 g/mol. The fourth-order valence-corrected chi connectivity index (χ4v) is 2.42. The summed E-state index contributed by atoms with van der Waals surface area (Å²) in [5, 5.41) is 12.4. The zero-order chi connectivity index (χ0) is 14.5. The van der Waals surface area contributed by atoms with Crippen LogP contribution in [-0.4, -0.2) is 42.9 Å². The molecule has 1 aliphatic carbocycles. The first-order chi connectivity index (χ1) is 9.63. The van der Waals surface area contributed by atoms with Crippen LogP contribution in [0.25, 0.3) is 0 Å². The highest BCUT2D eigenvalue weighted by Gasteiger charge is 2.35. The Labute approximate surface area is 118 Å². The Morgan fingerprint density at radius 2 is 2.25 bits per heavy atom. The van der Waals surface area contributed by atoms with Crippen LogP contribution in [-0.2, 0) is 9.53 Å². The van der Waals surface area contributed by atoms with E-state index in [-0.39, 0.29) is 30.6 Å². The van der Waals surface area contributed by atoms with Crippen molar-refractivity contribution >= 4 is 5.91 Å². The molecule has 0 aliphatic heterocycles. The smallest absolute Gasteiger partial charge is 0.246 e. The molecule has 1 amide bonds. The number of amides is 1. The molecule has 0 saturated heterocycles. The number of ether oxygens (including phenoxy) is 2. The van der Waals surface area contributed by atoms with E-state index in [4.69, 9.17) is 9.47 Å². The Morgan fingerprint density at radius 1 is 1.50 bits per heavy atom. The fraction of sp³-hybridized carbons (Fsp3) is 0.571. The lowest BCUT2D eigenvalue weighted by Crippen LogP contribution is -2.42. The highest BCUT2D eigenvalue weighted by Crippen LogP contribution is 2.38. The first kappa shape index (κ1) is 14.7. The summed E-state index contributed by atoms with van der Waals surface area (Å²) in [4.78, 5) is 15.9. The van der Waals surface area contributed by atoms with Gasteiger partial charge in [-0.1, -0.05) is 6.07 Å². The molecule has 6 heteroatoms. The van der Waals surface area contributed by atoms with Crippen molar-refractivity contribution < 1.29 is 19.4 Å². The molecule has 0 radical (unpaired) electrons. The highest BCUT2D eigenvalue weighted by molar-refractivity contribution is 5.77. The summed E-state index contributed by atoms with van der Waals surface area (Å²) >= 11 is 0. The van der Waals surface area contributed by atoms with Gasteiger partial charge in [-0.25, -0.2) is 4.98 Å². The van der Waals surface area contributed by atoms with Gasteiger partial charge in [-0.3, -0.25) is 4.79 Å². The molecular weight excluding hydrogens is 260 g/mol. The van der Waals surface area contributed by atoms with Gasteiger partial charge in [0.05, 0.1) is 19.3 Å². The molecular formula is C14H20N2O4. The Balaban J connectivity index is 2.10. The predicted molar refractivity (Wildman–Crippen MR) is 72.3 cm³/mol. The number of hydrogen-bond acceptors (Lipinski definition) is 5. The van der Waals surface area contributed by atoms with Crippen molar-refractivity contribution in [2.45, 2.75) is 25.0 Å². The number of nitrogens with one attached hydrogen (secondary N) is 1. The maximum atomic E-state index is 11.7. The molecule has 2 rings (SSSR count). The lowest BCUT2D eigenvalue weighted by atomic mass is 9.75. The highest BCUT2D eigenvalue weighted by atomic mass is 16.5. The predicted octanol–water partition coefficient (Wildman–Crippen LogP) is 0.665. The van der Waals surface area contributed by atoms with Crippen molar-refractivity contribution in [3.05, 3.63) is 23.9 Å². The van der Waals surface area contributed by atoms with Crippen LogP contribution in [0.4, 0.5) is 0 Å². The van der Waals surface area contributed by atoms with Crippen LogP contribution < -0.4 is 10.1 Å². The van der Waals surface area contributed by atoms with Gasteiger partial charge < -0.3 is 19.9 Å². The summed E-state index contributed by atoms with van der Waals surface area (Å²) in [5.41, 5.74) is 0.909. The van der Waals surface area contributed by atoms with Crippen LogP contribution in [0.1, 0.15) is 24.4 Å². The average Bonchev–Trinajstić information content (AvgIpc) is 2.42. The standard InChI is InChI=1S/C14H20N2O4/c1-19-8-12(18)16-14(10-5-11(17)6-10)9-3-4-13(20-2)15-7-9/h3-4,7,10-11,14,17H,5-6,8H2,1-2H3,(H,16,18)/t10?,11?,14-/m0/s1. The summed E-state index contributed by atoms with van der Waals surface area (Å²) in [6, 6.07) is 3.49. The van der Waals surface area contributed by atoms with E-state index < -0.39 is 0 Å². The van der Waals surface area contributed by atoms with Gasteiger partial charge in [0.15, 0.2) is 0 Å². The summed E-state index contributed by atoms with van der Waals surface area (Å²) in [7, 11) is 3.04. The van der Waals surface area contributed by atoms with Gasteiger partial charge in [-0.15, -0.1) is 0 Å². The van der Waals surface area contributed by atoms with Crippen molar-refractivity contribution in [3.8, 4) is 5.88 Å². The summed E-state index contributed by atoms with van der Waals surface area (Å²) in [5.74, 6) is 0.583. The lowest BCUT2D eigenvalue weighted by Gasteiger charge is -2.38. The van der Waals surface area contributed by atoms with Crippen LogP contribution in [0.3, 0.4) is 0 Å². The minimum Gasteiger partial charge on any atom is -0.481 e. The van der Waals surface area contributed by atoms with E-state index >= 15 is 0 Å². The molecule has 1 saturated carbocycles. The van der Waals surface area contributed by atoms with E-state index in [0.717, 1.165) is 5.56 Å². The van der Waals surface area contributed by atoms with Crippen LogP contribution >= 0.6 is 0 Å². The number of carbonyl (C=O) groups is 1. The largest absolute Gasteiger partial charge is 0.481 e. The van der Waals surface area contributed by atoms with Crippen LogP contribution in [0, 0.1) is 5.92 Å². The minimum absolute atomic E-state index is 0.0232. The molecule has 1 aromatic heterocycles. The average molecular weight is 280 g/mol. The molecule has 0 spiro atoms.